The molecule has 140 valence electrons. The first-order valence-electron chi connectivity index (χ1n) is 8.39. The highest BCUT2D eigenvalue weighted by Gasteiger charge is 2.31. The number of nitrogens with one attached hydrogen (secondary N) is 3. The lowest BCUT2D eigenvalue weighted by atomic mass is 9.94. The fourth-order valence-corrected chi connectivity index (χ4v) is 2.94. The van der Waals surface area contributed by atoms with Gasteiger partial charge >= 0.3 is 6.03 Å². The highest BCUT2D eigenvalue weighted by atomic mass is 16.5. The second-order valence-electron chi connectivity index (χ2n) is 6.03. The zero-order valence-corrected chi connectivity index (χ0v) is 15.3. The molecule has 27 heavy (non-hydrogen) atoms. The molecule has 0 unspecified atom stereocenters. The van der Waals surface area contributed by atoms with E-state index in [2.05, 4.69) is 16.0 Å². The van der Waals surface area contributed by atoms with E-state index in [0.29, 0.717) is 28.5 Å². The van der Waals surface area contributed by atoms with E-state index in [1.54, 1.807) is 57.5 Å². The first kappa shape index (κ1) is 18.3. The molecular formula is C20H21N3O4. The summed E-state index contributed by atoms with van der Waals surface area (Å²) in [4.78, 5) is 24.9. The van der Waals surface area contributed by atoms with Crippen molar-refractivity contribution in [2.45, 2.75) is 13.0 Å². The molecular weight excluding hydrogens is 346 g/mol. The molecule has 0 saturated carbocycles. The molecule has 3 amide bonds. The van der Waals surface area contributed by atoms with Gasteiger partial charge in [0.15, 0.2) is 0 Å². The lowest BCUT2D eigenvalue weighted by Gasteiger charge is -2.28. The van der Waals surface area contributed by atoms with Crippen molar-refractivity contribution >= 4 is 17.6 Å². The largest absolute Gasteiger partial charge is 0.497 e. The van der Waals surface area contributed by atoms with E-state index in [-0.39, 0.29) is 11.9 Å². The number of carbonyl (C=O) groups excluding carboxylic acids is 2. The summed E-state index contributed by atoms with van der Waals surface area (Å²) in [6.45, 7) is 1.70. The molecule has 0 saturated heterocycles. The first-order valence-corrected chi connectivity index (χ1v) is 8.39. The molecule has 1 aliphatic heterocycles. The number of amides is 3. The number of urea groups is 1. The number of carbonyl (C=O) groups is 2. The van der Waals surface area contributed by atoms with Crippen LogP contribution in [0.5, 0.6) is 11.5 Å². The Labute approximate surface area is 157 Å². The highest BCUT2D eigenvalue weighted by Crippen LogP contribution is 2.30. The molecule has 2 aromatic rings. The highest BCUT2D eigenvalue weighted by molar-refractivity contribution is 6.06. The molecule has 7 nitrogen and oxygen atoms in total. The zero-order chi connectivity index (χ0) is 19.4. The molecule has 7 heteroatoms. The SMILES string of the molecule is COc1ccc(NC(=O)C2=C(C)NC(=O)N[C@@H]2c2cccc(OC)c2)cc1. The van der Waals surface area contributed by atoms with E-state index < -0.39 is 6.04 Å². The summed E-state index contributed by atoms with van der Waals surface area (Å²) in [6, 6.07) is 13.3. The maximum atomic E-state index is 13.0. The van der Waals surface area contributed by atoms with Crippen LogP contribution in [0.1, 0.15) is 18.5 Å². The first-order chi connectivity index (χ1) is 13.0. The molecule has 0 aliphatic carbocycles. The molecule has 3 rings (SSSR count). The summed E-state index contributed by atoms with van der Waals surface area (Å²) < 4.78 is 10.4. The van der Waals surface area contributed by atoms with E-state index >= 15 is 0 Å². The van der Waals surface area contributed by atoms with Crippen molar-refractivity contribution in [2.75, 3.05) is 19.5 Å². The van der Waals surface area contributed by atoms with Crippen LogP contribution in [0.15, 0.2) is 59.8 Å². The van der Waals surface area contributed by atoms with E-state index in [9.17, 15) is 9.59 Å². The zero-order valence-electron chi connectivity index (χ0n) is 15.3. The number of allylic oxidation sites excluding steroid dienone is 1. The molecule has 0 fully saturated rings. The summed E-state index contributed by atoms with van der Waals surface area (Å²) >= 11 is 0. The predicted molar refractivity (Wildman–Crippen MR) is 102 cm³/mol. The van der Waals surface area contributed by atoms with Crippen LogP contribution >= 0.6 is 0 Å². The third-order valence-corrected chi connectivity index (χ3v) is 4.29. The van der Waals surface area contributed by atoms with Crippen molar-refractivity contribution in [2.24, 2.45) is 0 Å². The Morgan fingerprint density at radius 2 is 1.74 bits per heavy atom. The van der Waals surface area contributed by atoms with Gasteiger partial charge in [0.2, 0.25) is 0 Å². The maximum absolute atomic E-state index is 13.0. The van der Waals surface area contributed by atoms with Gasteiger partial charge in [0, 0.05) is 11.4 Å². The van der Waals surface area contributed by atoms with E-state index in [0.717, 1.165) is 5.56 Å². The fourth-order valence-electron chi connectivity index (χ4n) is 2.94. The van der Waals surface area contributed by atoms with E-state index in [1.807, 2.05) is 12.1 Å². The van der Waals surface area contributed by atoms with Gasteiger partial charge in [-0.05, 0) is 48.9 Å². The number of rotatable bonds is 5. The van der Waals surface area contributed by atoms with Crippen molar-refractivity contribution in [3.8, 4) is 11.5 Å². The Balaban J connectivity index is 1.91. The molecule has 1 atom stereocenters. The quantitative estimate of drug-likeness (QED) is 0.758. The topological polar surface area (TPSA) is 88.7 Å². The summed E-state index contributed by atoms with van der Waals surface area (Å²) in [5.74, 6) is 1.04. The Kier molecular flexibility index (Phi) is 5.30. The Morgan fingerprint density at radius 1 is 1.04 bits per heavy atom. The van der Waals surface area contributed by atoms with Gasteiger partial charge in [-0.1, -0.05) is 12.1 Å². The number of benzene rings is 2. The second-order valence-corrected chi connectivity index (χ2v) is 6.03. The molecule has 0 radical (unpaired) electrons. The molecule has 3 N–H and O–H groups in total. The minimum absolute atomic E-state index is 0.307. The predicted octanol–water partition coefficient (Wildman–Crippen LogP) is 2.97. The number of hydrogen-bond acceptors (Lipinski definition) is 4. The van der Waals surface area contributed by atoms with Crippen LogP contribution in [0.25, 0.3) is 0 Å². The van der Waals surface area contributed by atoms with Crippen molar-refractivity contribution in [1.29, 1.82) is 0 Å². The summed E-state index contributed by atoms with van der Waals surface area (Å²) in [6.07, 6.45) is 0. The smallest absolute Gasteiger partial charge is 0.319 e. The van der Waals surface area contributed by atoms with Gasteiger partial charge in [-0.25, -0.2) is 4.79 Å². The van der Waals surface area contributed by atoms with Crippen LogP contribution < -0.4 is 25.4 Å². The standard InChI is InChI=1S/C20H21N3O4/c1-12-17(19(24)22-14-7-9-15(26-2)10-8-14)18(23-20(25)21-12)13-5-4-6-16(11-13)27-3/h4-11,18H,1-3H3,(H,22,24)(H2,21,23,25)/t18-/m1/s1. The van der Waals surface area contributed by atoms with Gasteiger partial charge in [0.05, 0.1) is 25.8 Å². The summed E-state index contributed by atoms with van der Waals surface area (Å²) in [7, 11) is 3.15. The summed E-state index contributed by atoms with van der Waals surface area (Å²) in [5.41, 5.74) is 2.31. The Hall–Kier alpha value is -3.48. The Bertz CT molecular complexity index is 890. The average Bonchev–Trinajstić information content (AvgIpc) is 2.67. The van der Waals surface area contributed by atoms with Crippen LogP contribution in [-0.2, 0) is 4.79 Å². The van der Waals surface area contributed by atoms with Crippen molar-refractivity contribution in [1.82, 2.24) is 10.6 Å². The van der Waals surface area contributed by atoms with Gasteiger partial charge in [0.1, 0.15) is 11.5 Å². The number of ether oxygens (including phenoxy) is 2. The van der Waals surface area contributed by atoms with Gasteiger partial charge in [-0.2, -0.15) is 0 Å². The van der Waals surface area contributed by atoms with Crippen LogP contribution in [0.4, 0.5) is 10.5 Å². The van der Waals surface area contributed by atoms with Gasteiger partial charge in [0.25, 0.3) is 5.91 Å². The number of anilines is 1. The lowest BCUT2D eigenvalue weighted by Crippen LogP contribution is -2.45. The van der Waals surface area contributed by atoms with Crippen LogP contribution in [0.2, 0.25) is 0 Å². The van der Waals surface area contributed by atoms with E-state index in [1.165, 1.54) is 0 Å². The molecule has 0 spiro atoms. The van der Waals surface area contributed by atoms with Crippen molar-refractivity contribution < 1.29 is 19.1 Å². The van der Waals surface area contributed by atoms with Crippen LogP contribution in [-0.4, -0.2) is 26.2 Å². The molecule has 0 bridgehead atoms. The van der Waals surface area contributed by atoms with Gasteiger partial charge in [-0.3, -0.25) is 4.79 Å². The molecule has 0 aromatic heterocycles. The van der Waals surface area contributed by atoms with Crippen molar-refractivity contribution in [3.63, 3.8) is 0 Å². The third kappa shape index (κ3) is 4.03. The Morgan fingerprint density at radius 3 is 2.41 bits per heavy atom. The van der Waals surface area contributed by atoms with Crippen molar-refractivity contribution in [3.05, 3.63) is 65.4 Å². The monoisotopic (exact) mass is 367 g/mol. The van der Waals surface area contributed by atoms with Crippen LogP contribution in [0.3, 0.4) is 0 Å². The normalized spacial score (nSPS) is 16.3. The lowest BCUT2D eigenvalue weighted by molar-refractivity contribution is -0.113. The molecule has 1 heterocycles. The third-order valence-electron chi connectivity index (χ3n) is 4.29. The molecule has 2 aromatic carbocycles. The minimum Gasteiger partial charge on any atom is -0.497 e. The summed E-state index contributed by atoms with van der Waals surface area (Å²) in [5, 5.41) is 8.33. The average molecular weight is 367 g/mol. The maximum Gasteiger partial charge on any atom is 0.319 e. The van der Waals surface area contributed by atoms with E-state index in [4.69, 9.17) is 9.47 Å². The number of hydrogen-bond donors (Lipinski definition) is 3. The molecule has 1 aliphatic rings. The minimum atomic E-state index is -0.591. The van der Waals surface area contributed by atoms with Gasteiger partial charge < -0.3 is 25.4 Å². The van der Waals surface area contributed by atoms with Gasteiger partial charge in [-0.15, -0.1) is 0 Å². The second kappa shape index (κ2) is 7.82. The van der Waals surface area contributed by atoms with Crippen LogP contribution in [0, 0.1) is 0 Å². The number of methoxy groups -OCH3 is 2. The fraction of sp³-hybridized carbons (Fsp3) is 0.200.